The van der Waals surface area contributed by atoms with E-state index in [0.29, 0.717) is 11.6 Å². The van der Waals surface area contributed by atoms with Crippen molar-refractivity contribution in [1.29, 1.82) is 0 Å². The average molecular weight is 575 g/mol. The molecule has 3 aliphatic rings. The van der Waals surface area contributed by atoms with Gasteiger partial charge in [-0.25, -0.2) is 0 Å². The van der Waals surface area contributed by atoms with Crippen molar-refractivity contribution in [3.8, 4) is 0 Å². The van der Waals surface area contributed by atoms with Crippen molar-refractivity contribution in [3.05, 3.63) is 36.0 Å². The molecule has 0 unspecified atom stereocenters. The Morgan fingerprint density at radius 1 is 1.06 bits per heavy atom. The van der Waals surface area contributed by atoms with E-state index >= 15 is 0 Å². The predicted molar refractivity (Wildman–Crippen MR) is 142 cm³/mol. The van der Waals surface area contributed by atoms with E-state index in [1.807, 2.05) is 11.0 Å². The van der Waals surface area contributed by atoms with Crippen LogP contribution in [-0.2, 0) is 11.0 Å². The number of pyridine rings is 1. The summed E-state index contributed by atoms with van der Waals surface area (Å²) < 4.78 is 39.2. The van der Waals surface area contributed by atoms with Crippen LogP contribution in [0.3, 0.4) is 0 Å². The number of aromatic nitrogens is 1. The molecule has 4 heterocycles. The lowest BCUT2D eigenvalue weighted by molar-refractivity contribution is -0.137. The molecule has 1 amide bonds. The minimum atomic E-state index is -4.38. The van der Waals surface area contributed by atoms with Gasteiger partial charge in [0.15, 0.2) is 0 Å². The highest BCUT2D eigenvalue weighted by Crippen LogP contribution is 2.34. The van der Waals surface area contributed by atoms with Gasteiger partial charge in [0.25, 0.3) is 0 Å². The summed E-state index contributed by atoms with van der Waals surface area (Å²) in [5.41, 5.74) is 0.610. The topological polar surface area (TPSA) is 51.7 Å². The highest BCUT2D eigenvalue weighted by atomic mass is 35.5. The molecule has 0 spiro atoms. The highest BCUT2D eigenvalue weighted by molar-refractivity contribution is 7.99. The number of halogens is 6. The minimum Gasteiger partial charge on any atom is -0.368 e. The molecule has 3 aliphatic heterocycles. The molecule has 6 nitrogen and oxygen atoms in total. The van der Waals surface area contributed by atoms with Gasteiger partial charge in [-0.2, -0.15) is 13.2 Å². The molecule has 35 heavy (non-hydrogen) atoms. The van der Waals surface area contributed by atoms with Crippen molar-refractivity contribution >= 4 is 71.5 Å². The third kappa shape index (κ3) is 6.40. The zero-order valence-electron chi connectivity index (χ0n) is 18.9. The Balaban J connectivity index is 0.00000144. The van der Waals surface area contributed by atoms with Crippen LogP contribution >= 0.6 is 49.0 Å². The van der Waals surface area contributed by atoms with Crippen LogP contribution in [0.4, 0.5) is 18.9 Å². The number of fused-ring (bicyclic) bond motifs is 1. The molecule has 13 heteroatoms. The number of carbonyl (C=O) groups is 1. The molecule has 2 aromatic rings. The largest absolute Gasteiger partial charge is 0.416 e. The summed E-state index contributed by atoms with van der Waals surface area (Å²) in [6.45, 7) is 4.95. The molecule has 196 valence electrons. The van der Waals surface area contributed by atoms with Crippen LogP contribution in [0, 0.1) is 0 Å². The molecule has 0 bridgehead atoms. The second kappa shape index (κ2) is 12.4. The van der Waals surface area contributed by atoms with Crippen LogP contribution in [0.1, 0.15) is 12.0 Å². The summed E-state index contributed by atoms with van der Waals surface area (Å²) in [4.78, 5) is 23.4. The van der Waals surface area contributed by atoms with Gasteiger partial charge in [-0.05, 0) is 24.6 Å². The first-order valence-electron chi connectivity index (χ1n) is 10.9. The van der Waals surface area contributed by atoms with Crippen molar-refractivity contribution < 1.29 is 18.0 Å². The number of carbonyl (C=O) groups excluding carboxylic acids is 1. The van der Waals surface area contributed by atoms with E-state index < -0.39 is 11.7 Å². The predicted octanol–water partition coefficient (Wildman–Crippen LogP) is 3.90. The summed E-state index contributed by atoms with van der Waals surface area (Å²) in [5, 5.41) is 4.15. The number of amides is 1. The summed E-state index contributed by atoms with van der Waals surface area (Å²) in [6.07, 6.45) is -1.96. The second-order valence-electron chi connectivity index (χ2n) is 8.57. The number of nitrogens with zero attached hydrogens (tertiary/aromatic N) is 4. The number of nitrogens with one attached hydrogen (secondary N) is 1. The van der Waals surface area contributed by atoms with E-state index in [0.717, 1.165) is 80.5 Å². The number of anilines is 1. The Hall–Kier alpha value is -1.17. The fourth-order valence-corrected chi connectivity index (χ4v) is 5.86. The summed E-state index contributed by atoms with van der Waals surface area (Å²) in [5.74, 6) is 2.04. The number of rotatable bonds is 3. The standard InChI is InChI=1S/C22H26F3N5OS.3ClH/c23-22(24,25)15-1-2-17-18(11-15)26-4-3-20(17)29-7-5-28(6-8-29)16-12-19(27-13-16)21(31)30-9-10-32-14-30;;;/h1-4,11,16,19,27H,5-10,12-14H2;3*1H/t16-,19-;;;/m0.../s1. The molecule has 1 aromatic heterocycles. The molecule has 1 N–H and O–H groups in total. The molecular formula is C22H29Cl3F3N5OS. The quantitative estimate of drug-likeness (QED) is 0.600. The smallest absolute Gasteiger partial charge is 0.368 e. The molecule has 0 aliphatic carbocycles. The molecule has 0 saturated carbocycles. The molecule has 0 radical (unpaired) electrons. The molecule has 5 rings (SSSR count). The third-order valence-corrected chi connectivity index (χ3v) is 7.65. The van der Waals surface area contributed by atoms with Crippen molar-refractivity contribution in [1.82, 2.24) is 20.1 Å². The van der Waals surface area contributed by atoms with Gasteiger partial charge in [-0.1, -0.05) is 6.07 Å². The lowest BCUT2D eigenvalue weighted by atomic mass is 10.1. The van der Waals surface area contributed by atoms with E-state index in [-0.39, 0.29) is 49.2 Å². The number of alkyl halides is 3. The van der Waals surface area contributed by atoms with E-state index in [1.165, 1.54) is 6.07 Å². The summed E-state index contributed by atoms with van der Waals surface area (Å²) in [7, 11) is 0. The lowest BCUT2D eigenvalue weighted by Gasteiger charge is -2.39. The van der Waals surface area contributed by atoms with Crippen LogP contribution in [0.2, 0.25) is 0 Å². The average Bonchev–Trinajstić information content (AvgIpc) is 3.50. The number of hydrogen-bond donors (Lipinski definition) is 1. The van der Waals surface area contributed by atoms with Crippen LogP contribution < -0.4 is 10.2 Å². The van der Waals surface area contributed by atoms with E-state index in [1.54, 1.807) is 18.0 Å². The Kier molecular flexibility index (Phi) is 10.6. The first kappa shape index (κ1) is 30.1. The van der Waals surface area contributed by atoms with Crippen LogP contribution in [0.25, 0.3) is 10.9 Å². The van der Waals surface area contributed by atoms with Crippen molar-refractivity contribution in [2.75, 3.05) is 55.8 Å². The highest BCUT2D eigenvalue weighted by Gasteiger charge is 2.37. The Morgan fingerprint density at radius 2 is 1.80 bits per heavy atom. The van der Waals surface area contributed by atoms with Gasteiger partial charge in [0, 0.05) is 68.3 Å². The molecule has 2 atom stereocenters. The first-order chi connectivity index (χ1) is 15.4. The van der Waals surface area contributed by atoms with Gasteiger partial charge in [0.1, 0.15) is 0 Å². The fraction of sp³-hybridized carbons (Fsp3) is 0.545. The Bertz CT molecular complexity index is 1000. The zero-order chi connectivity index (χ0) is 22.3. The minimum absolute atomic E-state index is 0. The maximum atomic E-state index is 13.1. The maximum absolute atomic E-state index is 13.1. The number of benzene rings is 1. The molecular weight excluding hydrogens is 546 g/mol. The van der Waals surface area contributed by atoms with E-state index in [9.17, 15) is 18.0 Å². The maximum Gasteiger partial charge on any atom is 0.416 e. The van der Waals surface area contributed by atoms with Crippen LogP contribution in [0.5, 0.6) is 0 Å². The van der Waals surface area contributed by atoms with Crippen LogP contribution in [0.15, 0.2) is 30.5 Å². The summed E-state index contributed by atoms with van der Waals surface area (Å²) in [6, 6.07) is 5.90. The van der Waals surface area contributed by atoms with Crippen molar-refractivity contribution in [3.63, 3.8) is 0 Å². The number of piperazine rings is 1. The lowest BCUT2D eigenvalue weighted by Crippen LogP contribution is -2.51. The molecule has 3 saturated heterocycles. The third-order valence-electron chi connectivity index (χ3n) is 6.69. The van der Waals surface area contributed by atoms with Gasteiger partial charge in [-0.15, -0.1) is 49.0 Å². The van der Waals surface area contributed by atoms with Crippen molar-refractivity contribution in [2.24, 2.45) is 0 Å². The molecule has 1 aromatic carbocycles. The molecule has 3 fully saturated rings. The Labute approximate surface area is 225 Å². The van der Waals surface area contributed by atoms with Gasteiger partial charge in [0.2, 0.25) is 5.91 Å². The monoisotopic (exact) mass is 573 g/mol. The van der Waals surface area contributed by atoms with Crippen molar-refractivity contribution in [2.45, 2.75) is 24.7 Å². The first-order valence-corrected chi connectivity index (χ1v) is 12.1. The van der Waals surface area contributed by atoms with Gasteiger partial charge >= 0.3 is 6.18 Å². The number of hydrogen-bond acceptors (Lipinski definition) is 6. The zero-order valence-corrected chi connectivity index (χ0v) is 22.1. The van der Waals surface area contributed by atoms with Gasteiger partial charge < -0.3 is 15.1 Å². The second-order valence-corrected chi connectivity index (χ2v) is 9.65. The SMILES string of the molecule is Cl.Cl.Cl.O=C([C@@H]1C[C@H](N2CCN(c3ccnc4cc(C(F)(F)F)ccc34)CC2)CN1)N1CCSC1. The van der Waals surface area contributed by atoms with Gasteiger partial charge in [-0.3, -0.25) is 14.7 Å². The summed E-state index contributed by atoms with van der Waals surface area (Å²) >= 11 is 1.80. The number of thioether (sulfide) groups is 1. The Morgan fingerprint density at radius 3 is 2.46 bits per heavy atom. The fourth-order valence-electron chi connectivity index (χ4n) is 4.90. The van der Waals surface area contributed by atoms with E-state index in [4.69, 9.17) is 0 Å². The van der Waals surface area contributed by atoms with Gasteiger partial charge in [0.05, 0.1) is 23.0 Å². The van der Waals surface area contributed by atoms with E-state index in [2.05, 4.69) is 20.1 Å². The normalized spacial score (nSPS) is 22.9. The van der Waals surface area contributed by atoms with Crippen LogP contribution in [-0.4, -0.2) is 83.7 Å².